The van der Waals surface area contributed by atoms with E-state index in [0.29, 0.717) is 0 Å². The zero-order valence-corrected chi connectivity index (χ0v) is 10.7. The lowest BCUT2D eigenvalue weighted by molar-refractivity contribution is -0.141. The second-order valence-electron chi connectivity index (χ2n) is 4.88. The maximum absolute atomic E-state index is 11.4. The largest absolute Gasteiger partial charge is 0.480 e. The Labute approximate surface area is 101 Å². The molecule has 0 bridgehead atoms. The van der Waals surface area contributed by atoms with Crippen molar-refractivity contribution in [2.75, 3.05) is 6.54 Å². The van der Waals surface area contributed by atoms with Crippen molar-refractivity contribution in [1.29, 1.82) is 0 Å². The Morgan fingerprint density at radius 1 is 1.24 bits per heavy atom. The van der Waals surface area contributed by atoms with Crippen LogP contribution in [0.15, 0.2) is 0 Å². The summed E-state index contributed by atoms with van der Waals surface area (Å²) in [6.07, 6.45) is 0.0689. The molecule has 0 aliphatic carbocycles. The summed E-state index contributed by atoms with van der Waals surface area (Å²) in [6.45, 7) is 6.90. The van der Waals surface area contributed by atoms with Gasteiger partial charge in [-0.3, -0.25) is 14.4 Å². The standard InChI is InChI=1S/C11H20N2O4/c1-7(9(15)16)13-8(14)5-6-12-10(17)11(2,3)4/h7H,5-6H2,1-4H3,(H,12,17)(H,13,14)(H,15,16)/t7-/m0/s1. The number of carboxylic acid groups (broad SMARTS) is 1. The molecule has 0 spiro atoms. The number of hydrogen-bond donors (Lipinski definition) is 3. The quantitative estimate of drug-likeness (QED) is 0.640. The van der Waals surface area contributed by atoms with Crippen molar-refractivity contribution in [1.82, 2.24) is 10.6 Å². The molecule has 1 atom stereocenters. The SMILES string of the molecule is C[C@H](NC(=O)CCNC(=O)C(C)(C)C)C(=O)O. The van der Waals surface area contributed by atoms with Crippen molar-refractivity contribution >= 4 is 17.8 Å². The predicted octanol–water partition coefficient (Wildman–Crippen LogP) is 0.128. The van der Waals surface area contributed by atoms with Gasteiger partial charge in [-0.1, -0.05) is 20.8 Å². The van der Waals surface area contributed by atoms with E-state index in [0.717, 1.165) is 0 Å². The van der Waals surface area contributed by atoms with Gasteiger partial charge in [0.15, 0.2) is 0 Å². The molecule has 0 unspecified atom stereocenters. The van der Waals surface area contributed by atoms with Crippen LogP contribution in [0.3, 0.4) is 0 Å². The molecule has 3 N–H and O–H groups in total. The molecule has 2 amide bonds. The molecule has 17 heavy (non-hydrogen) atoms. The summed E-state index contributed by atoms with van der Waals surface area (Å²) in [7, 11) is 0. The van der Waals surface area contributed by atoms with Crippen LogP contribution in [0.2, 0.25) is 0 Å². The Kier molecular flexibility index (Phi) is 5.64. The molecule has 0 heterocycles. The highest BCUT2D eigenvalue weighted by Gasteiger charge is 2.21. The van der Waals surface area contributed by atoms with E-state index in [9.17, 15) is 14.4 Å². The van der Waals surface area contributed by atoms with Crippen LogP contribution >= 0.6 is 0 Å². The highest BCUT2D eigenvalue weighted by molar-refractivity contribution is 5.84. The van der Waals surface area contributed by atoms with Gasteiger partial charge in [-0.15, -0.1) is 0 Å². The van der Waals surface area contributed by atoms with Crippen LogP contribution in [-0.2, 0) is 14.4 Å². The molecule has 0 aromatic heterocycles. The van der Waals surface area contributed by atoms with Gasteiger partial charge in [0.25, 0.3) is 0 Å². The first-order valence-electron chi connectivity index (χ1n) is 5.45. The summed E-state index contributed by atoms with van der Waals surface area (Å²) >= 11 is 0. The Balaban J connectivity index is 3.87. The predicted molar refractivity (Wildman–Crippen MR) is 62.3 cm³/mol. The third-order valence-electron chi connectivity index (χ3n) is 2.07. The van der Waals surface area contributed by atoms with E-state index in [-0.39, 0.29) is 18.9 Å². The average Bonchev–Trinajstić information content (AvgIpc) is 2.15. The summed E-state index contributed by atoms with van der Waals surface area (Å²) in [5.74, 6) is -1.62. The molecule has 98 valence electrons. The van der Waals surface area contributed by atoms with Gasteiger partial charge in [0, 0.05) is 18.4 Å². The van der Waals surface area contributed by atoms with E-state index in [1.807, 2.05) is 0 Å². The first-order valence-corrected chi connectivity index (χ1v) is 5.45. The van der Waals surface area contributed by atoms with Crippen LogP contribution in [0, 0.1) is 5.41 Å². The molecule has 0 radical (unpaired) electrons. The second kappa shape index (κ2) is 6.22. The number of amides is 2. The minimum Gasteiger partial charge on any atom is -0.480 e. The van der Waals surface area contributed by atoms with Crippen molar-refractivity contribution in [3.8, 4) is 0 Å². The van der Waals surface area contributed by atoms with E-state index < -0.39 is 23.3 Å². The first kappa shape index (κ1) is 15.4. The molecule has 0 aliphatic rings. The Hall–Kier alpha value is -1.59. The van der Waals surface area contributed by atoms with Gasteiger partial charge in [-0.2, -0.15) is 0 Å². The molecule has 6 nitrogen and oxygen atoms in total. The van der Waals surface area contributed by atoms with Crippen LogP contribution < -0.4 is 10.6 Å². The monoisotopic (exact) mass is 244 g/mol. The lowest BCUT2D eigenvalue weighted by Crippen LogP contribution is -2.41. The fourth-order valence-corrected chi connectivity index (χ4v) is 0.930. The van der Waals surface area contributed by atoms with Crippen molar-refractivity contribution in [3.63, 3.8) is 0 Å². The van der Waals surface area contributed by atoms with Crippen LogP contribution in [-0.4, -0.2) is 35.5 Å². The number of nitrogens with one attached hydrogen (secondary N) is 2. The van der Waals surface area contributed by atoms with Crippen molar-refractivity contribution in [3.05, 3.63) is 0 Å². The normalized spacial score (nSPS) is 12.7. The first-order chi connectivity index (χ1) is 7.64. The molecule has 0 aromatic rings. The molecule has 0 aliphatic heterocycles. The number of carbonyl (C=O) groups is 3. The minimum absolute atomic E-state index is 0.0689. The van der Waals surface area contributed by atoms with Gasteiger partial charge >= 0.3 is 5.97 Å². The second-order valence-corrected chi connectivity index (χ2v) is 4.88. The number of rotatable bonds is 5. The molecule has 0 fully saturated rings. The lowest BCUT2D eigenvalue weighted by Gasteiger charge is -2.17. The van der Waals surface area contributed by atoms with Crippen molar-refractivity contribution < 1.29 is 19.5 Å². The van der Waals surface area contributed by atoms with Gasteiger partial charge in [0.2, 0.25) is 11.8 Å². The van der Waals surface area contributed by atoms with Gasteiger partial charge < -0.3 is 15.7 Å². The molecular formula is C11H20N2O4. The van der Waals surface area contributed by atoms with Crippen LogP contribution in [0.4, 0.5) is 0 Å². The molecule has 6 heteroatoms. The Bertz CT molecular complexity index is 307. The van der Waals surface area contributed by atoms with E-state index in [1.165, 1.54) is 6.92 Å². The van der Waals surface area contributed by atoms with Crippen LogP contribution in [0.5, 0.6) is 0 Å². The summed E-state index contributed by atoms with van der Waals surface area (Å²) in [5, 5.41) is 13.5. The third-order valence-corrected chi connectivity index (χ3v) is 2.07. The zero-order valence-electron chi connectivity index (χ0n) is 10.7. The number of aliphatic carboxylic acids is 1. The molecular weight excluding hydrogens is 224 g/mol. The lowest BCUT2D eigenvalue weighted by atomic mass is 9.96. The molecule has 0 rings (SSSR count). The summed E-state index contributed by atoms with van der Waals surface area (Å²) in [5.41, 5.74) is -0.495. The highest BCUT2D eigenvalue weighted by Crippen LogP contribution is 2.11. The number of hydrogen-bond acceptors (Lipinski definition) is 3. The fourth-order valence-electron chi connectivity index (χ4n) is 0.930. The highest BCUT2D eigenvalue weighted by atomic mass is 16.4. The van der Waals surface area contributed by atoms with E-state index >= 15 is 0 Å². The van der Waals surface area contributed by atoms with Crippen molar-refractivity contribution in [2.24, 2.45) is 5.41 Å². The van der Waals surface area contributed by atoms with E-state index in [1.54, 1.807) is 20.8 Å². The summed E-state index contributed by atoms with van der Waals surface area (Å²) in [6, 6.07) is -0.916. The zero-order chi connectivity index (χ0) is 13.6. The summed E-state index contributed by atoms with van der Waals surface area (Å²) in [4.78, 5) is 33.2. The Morgan fingerprint density at radius 2 is 1.76 bits per heavy atom. The van der Waals surface area contributed by atoms with Gasteiger partial charge in [-0.05, 0) is 6.92 Å². The summed E-state index contributed by atoms with van der Waals surface area (Å²) < 4.78 is 0. The van der Waals surface area contributed by atoms with Crippen molar-refractivity contribution in [2.45, 2.75) is 40.2 Å². The maximum Gasteiger partial charge on any atom is 0.325 e. The average molecular weight is 244 g/mol. The number of carbonyl (C=O) groups excluding carboxylic acids is 2. The Morgan fingerprint density at radius 3 is 2.18 bits per heavy atom. The van der Waals surface area contributed by atoms with Crippen LogP contribution in [0.1, 0.15) is 34.1 Å². The topological polar surface area (TPSA) is 95.5 Å². The van der Waals surface area contributed by atoms with Crippen LogP contribution in [0.25, 0.3) is 0 Å². The third kappa shape index (κ3) is 6.55. The fraction of sp³-hybridized carbons (Fsp3) is 0.727. The van der Waals surface area contributed by atoms with Gasteiger partial charge in [0.1, 0.15) is 6.04 Å². The van der Waals surface area contributed by atoms with Gasteiger partial charge in [0.05, 0.1) is 0 Å². The molecule has 0 saturated heterocycles. The smallest absolute Gasteiger partial charge is 0.325 e. The van der Waals surface area contributed by atoms with E-state index in [2.05, 4.69) is 10.6 Å². The number of carboxylic acids is 1. The van der Waals surface area contributed by atoms with Gasteiger partial charge in [-0.25, -0.2) is 0 Å². The molecule has 0 saturated carbocycles. The molecule has 0 aromatic carbocycles. The minimum atomic E-state index is -1.09. The maximum atomic E-state index is 11.4. The van der Waals surface area contributed by atoms with E-state index in [4.69, 9.17) is 5.11 Å².